The smallest absolute Gasteiger partial charge is 0.325 e. The summed E-state index contributed by atoms with van der Waals surface area (Å²) in [7, 11) is 3.50. The molecule has 3 bridgehead atoms. The lowest BCUT2D eigenvalue weighted by Gasteiger charge is -2.27. The van der Waals surface area contributed by atoms with Gasteiger partial charge in [-0.2, -0.15) is 0 Å². The van der Waals surface area contributed by atoms with Crippen LogP contribution in [-0.4, -0.2) is 42.0 Å². The quantitative estimate of drug-likeness (QED) is 0.723. The minimum Gasteiger partial charge on any atom is -0.349 e. The van der Waals surface area contributed by atoms with E-state index in [1.807, 2.05) is 42.5 Å². The molecule has 3 aliphatic rings. The van der Waals surface area contributed by atoms with Gasteiger partial charge in [0.15, 0.2) is 0 Å². The van der Waals surface area contributed by atoms with Crippen LogP contribution >= 0.6 is 0 Å². The number of benzene rings is 1. The minimum atomic E-state index is -0.131. The first-order valence-electron chi connectivity index (χ1n) is 12.3. The Balaban J connectivity index is 1.18. The predicted molar refractivity (Wildman–Crippen MR) is 129 cm³/mol. The van der Waals surface area contributed by atoms with Gasteiger partial charge in [-0.3, -0.25) is 9.69 Å². The molecule has 0 saturated heterocycles. The Morgan fingerprint density at radius 1 is 0.970 bits per heavy atom. The SMILES string of the molecule is CN(Cc1ccc(C(=O)NC2CCC3CC4CC2[C@@H](C3)C4)cc1)C(=O)N(C)c1ccccn1. The van der Waals surface area contributed by atoms with Crippen LogP contribution in [0.4, 0.5) is 10.6 Å². The fraction of sp³-hybridized carbons (Fsp3) is 0.519. The van der Waals surface area contributed by atoms with Crippen molar-refractivity contribution < 1.29 is 9.59 Å². The summed E-state index contributed by atoms with van der Waals surface area (Å²) in [5.41, 5.74) is 1.68. The average molecular weight is 447 g/mol. The normalized spacial score (nSPS) is 27.6. The number of rotatable bonds is 5. The number of pyridine rings is 1. The van der Waals surface area contributed by atoms with Gasteiger partial charge in [-0.15, -0.1) is 0 Å². The Hall–Kier alpha value is -2.89. The molecule has 1 aromatic carbocycles. The van der Waals surface area contributed by atoms with Crippen molar-refractivity contribution >= 4 is 17.8 Å². The summed E-state index contributed by atoms with van der Waals surface area (Å²) in [5, 5.41) is 3.38. The van der Waals surface area contributed by atoms with Gasteiger partial charge in [0, 0.05) is 38.4 Å². The lowest BCUT2D eigenvalue weighted by atomic mass is 9.80. The first kappa shape index (κ1) is 21.9. The lowest BCUT2D eigenvalue weighted by Crippen LogP contribution is -2.41. The van der Waals surface area contributed by atoms with E-state index in [0.717, 1.165) is 29.7 Å². The Labute approximate surface area is 196 Å². The molecule has 6 heteroatoms. The zero-order valence-corrected chi connectivity index (χ0v) is 19.6. The van der Waals surface area contributed by atoms with Gasteiger partial charge in [-0.1, -0.05) is 18.2 Å². The number of amides is 3. The first-order chi connectivity index (χ1) is 16.0. The van der Waals surface area contributed by atoms with Crippen LogP contribution in [-0.2, 0) is 6.54 Å². The van der Waals surface area contributed by atoms with Crippen LogP contribution in [0.5, 0.6) is 0 Å². The third-order valence-electron chi connectivity index (χ3n) is 8.11. The van der Waals surface area contributed by atoms with Crippen LogP contribution < -0.4 is 10.2 Å². The van der Waals surface area contributed by atoms with E-state index >= 15 is 0 Å². The van der Waals surface area contributed by atoms with E-state index in [2.05, 4.69) is 10.3 Å². The molecule has 33 heavy (non-hydrogen) atoms. The molecule has 0 spiro atoms. The summed E-state index contributed by atoms with van der Waals surface area (Å²) < 4.78 is 0. The second-order valence-electron chi connectivity index (χ2n) is 10.3. The van der Waals surface area contributed by atoms with Crippen molar-refractivity contribution in [3.8, 4) is 0 Å². The molecule has 1 aromatic heterocycles. The topological polar surface area (TPSA) is 65.5 Å². The number of urea groups is 1. The van der Waals surface area contributed by atoms with Gasteiger partial charge in [-0.25, -0.2) is 9.78 Å². The van der Waals surface area contributed by atoms with Crippen molar-refractivity contribution in [2.24, 2.45) is 23.7 Å². The second kappa shape index (κ2) is 9.16. The van der Waals surface area contributed by atoms with Crippen molar-refractivity contribution in [1.82, 2.24) is 15.2 Å². The molecule has 0 aliphatic heterocycles. The lowest BCUT2D eigenvalue weighted by molar-refractivity contribution is 0.0912. The van der Waals surface area contributed by atoms with E-state index in [9.17, 15) is 9.59 Å². The molecular weight excluding hydrogens is 412 g/mol. The Morgan fingerprint density at radius 3 is 2.52 bits per heavy atom. The van der Waals surface area contributed by atoms with Crippen molar-refractivity contribution in [2.45, 2.75) is 51.1 Å². The predicted octanol–water partition coefficient (Wildman–Crippen LogP) is 4.71. The molecule has 0 radical (unpaired) electrons. The van der Waals surface area contributed by atoms with Gasteiger partial charge in [0.2, 0.25) is 0 Å². The molecule has 3 aliphatic carbocycles. The molecule has 2 aromatic rings. The number of hydrogen-bond donors (Lipinski definition) is 1. The van der Waals surface area contributed by atoms with Crippen LogP contribution in [0.3, 0.4) is 0 Å². The molecule has 1 heterocycles. The highest BCUT2D eigenvalue weighted by Crippen LogP contribution is 2.53. The fourth-order valence-electron chi connectivity index (χ4n) is 6.53. The Morgan fingerprint density at radius 2 is 1.76 bits per heavy atom. The molecule has 3 fully saturated rings. The number of anilines is 1. The molecule has 3 amide bonds. The van der Waals surface area contributed by atoms with E-state index in [0.29, 0.717) is 29.9 Å². The number of nitrogens with one attached hydrogen (secondary N) is 1. The van der Waals surface area contributed by atoms with E-state index in [1.165, 1.54) is 37.0 Å². The average Bonchev–Trinajstić information content (AvgIpc) is 3.08. The number of hydrogen-bond acceptors (Lipinski definition) is 3. The number of aromatic nitrogens is 1. The van der Waals surface area contributed by atoms with Crippen LogP contribution in [0.25, 0.3) is 0 Å². The zero-order valence-electron chi connectivity index (χ0n) is 19.6. The minimum absolute atomic E-state index is 0.0343. The molecule has 4 unspecified atom stereocenters. The monoisotopic (exact) mass is 446 g/mol. The number of carbonyl (C=O) groups excluding carboxylic acids is 2. The van der Waals surface area contributed by atoms with E-state index in [-0.39, 0.29) is 11.9 Å². The van der Waals surface area contributed by atoms with Crippen molar-refractivity contribution in [2.75, 3.05) is 19.0 Å². The van der Waals surface area contributed by atoms with E-state index < -0.39 is 0 Å². The van der Waals surface area contributed by atoms with Gasteiger partial charge in [0.05, 0.1) is 0 Å². The third kappa shape index (κ3) is 4.61. The summed E-state index contributed by atoms with van der Waals surface area (Å²) >= 11 is 0. The van der Waals surface area contributed by atoms with Crippen LogP contribution in [0.1, 0.15) is 54.4 Å². The summed E-state index contributed by atoms with van der Waals surface area (Å²) in [5.74, 6) is 3.92. The summed E-state index contributed by atoms with van der Waals surface area (Å²) in [6, 6.07) is 13.3. The number of nitrogens with zero attached hydrogens (tertiary/aromatic N) is 3. The van der Waals surface area contributed by atoms with Crippen molar-refractivity contribution in [3.63, 3.8) is 0 Å². The maximum atomic E-state index is 13.0. The molecule has 5 rings (SSSR count). The van der Waals surface area contributed by atoms with Crippen molar-refractivity contribution in [3.05, 3.63) is 59.8 Å². The highest BCUT2D eigenvalue weighted by Gasteiger charge is 2.46. The second-order valence-corrected chi connectivity index (χ2v) is 10.3. The molecule has 174 valence electrons. The summed E-state index contributed by atoms with van der Waals surface area (Å²) in [4.78, 5) is 33.2. The maximum absolute atomic E-state index is 13.0. The first-order valence-corrected chi connectivity index (χ1v) is 12.3. The van der Waals surface area contributed by atoms with E-state index in [4.69, 9.17) is 0 Å². The van der Waals surface area contributed by atoms with Crippen LogP contribution in [0, 0.1) is 23.7 Å². The number of fused-ring (bicyclic) bond motifs is 2. The molecule has 3 saturated carbocycles. The van der Waals surface area contributed by atoms with Crippen LogP contribution in [0.15, 0.2) is 48.7 Å². The molecule has 1 N–H and O–H groups in total. The van der Waals surface area contributed by atoms with Gasteiger partial charge < -0.3 is 10.2 Å². The van der Waals surface area contributed by atoms with Crippen LogP contribution in [0.2, 0.25) is 0 Å². The van der Waals surface area contributed by atoms with E-state index in [1.54, 1.807) is 25.2 Å². The van der Waals surface area contributed by atoms with Gasteiger partial charge in [-0.05, 0) is 92.0 Å². The van der Waals surface area contributed by atoms with Gasteiger partial charge >= 0.3 is 6.03 Å². The maximum Gasteiger partial charge on any atom is 0.325 e. The highest BCUT2D eigenvalue weighted by atomic mass is 16.2. The zero-order chi connectivity index (χ0) is 22.9. The van der Waals surface area contributed by atoms with Gasteiger partial charge in [0.1, 0.15) is 5.82 Å². The summed E-state index contributed by atoms with van der Waals surface area (Å²) in [6.45, 7) is 0.465. The van der Waals surface area contributed by atoms with Crippen molar-refractivity contribution in [1.29, 1.82) is 0 Å². The fourth-order valence-corrected chi connectivity index (χ4v) is 6.53. The largest absolute Gasteiger partial charge is 0.349 e. The Bertz CT molecular complexity index is 993. The molecular formula is C27H34N4O2. The molecule has 5 atom stereocenters. The molecule has 6 nitrogen and oxygen atoms in total. The van der Waals surface area contributed by atoms with Gasteiger partial charge in [0.25, 0.3) is 5.91 Å². The number of carbonyl (C=O) groups is 2. The highest BCUT2D eigenvalue weighted by molar-refractivity contribution is 5.94. The summed E-state index contributed by atoms with van der Waals surface area (Å²) in [6.07, 6.45) is 9.55. The standard InChI is InChI=1S/C27H34N4O2/c1-30(27(33)31(2)25-5-3-4-12-28-25)17-18-6-9-21(10-7-18)26(32)29-24-11-8-19-13-20-15-22(14-19)23(24)16-20/h3-7,9-10,12,19-20,22-24H,8,11,13-17H2,1-2H3,(H,29,32)/t19?,20?,22-,23?,24?/m0/s1. The third-order valence-corrected chi connectivity index (χ3v) is 8.11. The Kier molecular flexibility index (Phi) is 6.09.